The molecule has 0 saturated heterocycles. The molecule has 0 bridgehead atoms. The highest BCUT2D eigenvalue weighted by atomic mass is 16.5. The number of hydrogen-bond acceptors (Lipinski definition) is 4. The van der Waals surface area contributed by atoms with Gasteiger partial charge in [0.1, 0.15) is 6.61 Å². The first-order chi connectivity index (χ1) is 7.59. The fraction of sp³-hybridized carbons (Fsp3) is 0.800. The van der Waals surface area contributed by atoms with Crippen LogP contribution in [0.4, 0.5) is 4.79 Å². The molecule has 92 valence electrons. The van der Waals surface area contributed by atoms with Gasteiger partial charge in [-0.2, -0.15) is 0 Å². The van der Waals surface area contributed by atoms with Crippen LogP contribution < -0.4 is 16.8 Å². The van der Waals surface area contributed by atoms with E-state index in [4.69, 9.17) is 11.5 Å². The van der Waals surface area contributed by atoms with Gasteiger partial charge in [0.05, 0.1) is 6.54 Å². The lowest BCUT2D eigenvalue weighted by Crippen LogP contribution is -2.39. The first kappa shape index (κ1) is 12.8. The van der Waals surface area contributed by atoms with Crippen molar-refractivity contribution >= 4 is 12.0 Å². The Balaban J connectivity index is 2.16. The van der Waals surface area contributed by atoms with E-state index in [9.17, 15) is 9.59 Å². The number of carbonyl (C=O) groups is 2. The van der Waals surface area contributed by atoms with Gasteiger partial charge in [-0.1, -0.05) is 6.42 Å². The van der Waals surface area contributed by atoms with E-state index in [-0.39, 0.29) is 24.5 Å². The summed E-state index contributed by atoms with van der Waals surface area (Å²) >= 11 is 0. The number of hydrogen-bond donors (Lipinski definition) is 3. The molecule has 5 N–H and O–H groups in total. The molecule has 2 amide bonds. The normalized spacial score (nSPS) is 24.8. The van der Waals surface area contributed by atoms with Crippen LogP contribution in [-0.4, -0.2) is 31.2 Å². The summed E-state index contributed by atoms with van der Waals surface area (Å²) < 4.78 is 4.50. The Hall–Kier alpha value is -1.30. The summed E-state index contributed by atoms with van der Waals surface area (Å²) in [5.74, 6) is -0.0134. The number of ether oxygens (including phenoxy) is 1. The average Bonchev–Trinajstić information content (AvgIpc) is 2.24. The molecule has 1 saturated carbocycles. The number of nitrogens with one attached hydrogen (secondary N) is 1. The molecule has 0 aromatic carbocycles. The number of rotatable bonds is 4. The summed E-state index contributed by atoms with van der Waals surface area (Å²) in [6, 6.07) is 0.131. The van der Waals surface area contributed by atoms with Crippen LogP contribution in [0.3, 0.4) is 0 Å². The van der Waals surface area contributed by atoms with Gasteiger partial charge >= 0.3 is 6.09 Å². The largest absolute Gasteiger partial charge is 0.448 e. The minimum atomic E-state index is -0.825. The second-order valence-corrected chi connectivity index (χ2v) is 4.08. The second kappa shape index (κ2) is 6.32. The molecule has 1 rings (SSSR count). The molecule has 0 heterocycles. The lowest BCUT2D eigenvalue weighted by Gasteiger charge is -2.25. The second-order valence-electron chi connectivity index (χ2n) is 4.08. The standard InChI is InChI=1S/C10H19N3O3/c11-8-3-1-2-7(6-8)9(14)13-4-5-16-10(12)15/h7-8H,1-6,11H2,(H2,12,15)(H,13,14). The van der Waals surface area contributed by atoms with Gasteiger partial charge in [-0.25, -0.2) is 4.79 Å². The average molecular weight is 229 g/mol. The smallest absolute Gasteiger partial charge is 0.404 e. The number of carbonyl (C=O) groups excluding carboxylic acids is 2. The molecule has 16 heavy (non-hydrogen) atoms. The minimum Gasteiger partial charge on any atom is -0.448 e. The molecule has 0 aliphatic heterocycles. The Labute approximate surface area is 94.7 Å². The van der Waals surface area contributed by atoms with Crippen molar-refractivity contribution in [2.45, 2.75) is 31.7 Å². The van der Waals surface area contributed by atoms with E-state index in [1.165, 1.54) is 0 Å². The fourth-order valence-electron chi connectivity index (χ4n) is 1.94. The Morgan fingerprint density at radius 3 is 2.75 bits per heavy atom. The predicted octanol–water partition coefficient (Wildman–Crippen LogP) is -0.285. The Morgan fingerprint density at radius 1 is 1.38 bits per heavy atom. The Morgan fingerprint density at radius 2 is 2.12 bits per heavy atom. The van der Waals surface area contributed by atoms with E-state index in [0.29, 0.717) is 6.54 Å². The number of nitrogens with two attached hydrogens (primary N) is 2. The maximum absolute atomic E-state index is 11.6. The van der Waals surface area contributed by atoms with Gasteiger partial charge in [-0.3, -0.25) is 4.79 Å². The minimum absolute atomic E-state index is 0.00247. The first-order valence-electron chi connectivity index (χ1n) is 5.55. The van der Waals surface area contributed by atoms with E-state index >= 15 is 0 Å². The van der Waals surface area contributed by atoms with Crippen LogP contribution in [0.2, 0.25) is 0 Å². The van der Waals surface area contributed by atoms with Crippen molar-refractivity contribution in [1.82, 2.24) is 5.32 Å². The van der Waals surface area contributed by atoms with Crippen LogP contribution in [0.25, 0.3) is 0 Å². The molecule has 1 fully saturated rings. The van der Waals surface area contributed by atoms with Gasteiger partial charge in [0.25, 0.3) is 0 Å². The summed E-state index contributed by atoms with van der Waals surface area (Å²) in [5.41, 5.74) is 10.6. The zero-order valence-electron chi connectivity index (χ0n) is 9.28. The molecule has 2 atom stereocenters. The van der Waals surface area contributed by atoms with Gasteiger partial charge in [-0.15, -0.1) is 0 Å². The topological polar surface area (TPSA) is 107 Å². The molecule has 0 aromatic rings. The maximum Gasteiger partial charge on any atom is 0.404 e. The van der Waals surface area contributed by atoms with Crippen molar-refractivity contribution in [2.75, 3.05) is 13.2 Å². The quantitative estimate of drug-likeness (QED) is 0.576. The van der Waals surface area contributed by atoms with E-state index in [1.54, 1.807) is 0 Å². The van der Waals surface area contributed by atoms with Gasteiger partial charge in [0.2, 0.25) is 5.91 Å². The molecule has 6 nitrogen and oxygen atoms in total. The first-order valence-corrected chi connectivity index (χ1v) is 5.55. The monoisotopic (exact) mass is 229 g/mol. The third kappa shape index (κ3) is 4.48. The van der Waals surface area contributed by atoms with Gasteiger partial charge < -0.3 is 21.5 Å². The van der Waals surface area contributed by atoms with Crippen LogP contribution in [0.5, 0.6) is 0 Å². The van der Waals surface area contributed by atoms with Crippen LogP contribution in [-0.2, 0) is 9.53 Å². The molecular formula is C10H19N3O3. The van der Waals surface area contributed by atoms with Crippen molar-refractivity contribution in [3.05, 3.63) is 0 Å². The highest BCUT2D eigenvalue weighted by Gasteiger charge is 2.24. The summed E-state index contributed by atoms with van der Waals surface area (Å²) in [6.45, 7) is 0.410. The lowest BCUT2D eigenvalue weighted by atomic mass is 9.85. The Kier molecular flexibility index (Phi) is 5.04. The van der Waals surface area contributed by atoms with Crippen molar-refractivity contribution in [2.24, 2.45) is 17.4 Å². The third-order valence-corrected chi connectivity index (χ3v) is 2.73. The van der Waals surface area contributed by atoms with Crippen LogP contribution >= 0.6 is 0 Å². The van der Waals surface area contributed by atoms with Crippen molar-refractivity contribution in [3.63, 3.8) is 0 Å². The molecule has 1 aliphatic carbocycles. The molecule has 0 spiro atoms. The maximum atomic E-state index is 11.6. The number of amides is 2. The van der Waals surface area contributed by atoms with Gasteiger partial charge in [0, 0.05) is 12.0 Å². The summed E-state index contributed by atoms with van der Waals surface area (Å²) in [6.07, 6.45) is 2.79. The SMILES string of the molecule is NC(=O)OCCNC(=O)C1CCCC(N)C1. The predicted molar refractivity (Wildman–Crippen MR) is 58.5 cm³/mol. The van der Waals surface area contributed by atoms with E-state index in [0.717, 1.165) is 25.7 Å². The molecular weight excluding hydrogens is 210 g/mol. The summed E-state index contributed by atoms with van der Waals surface area (Å²) in [7, 11) is 0. The lowest BCUT2D eigenvalue weighted by molar-refractivity contribution is -0.126. The van der Waals surface area contributed by atoms with Crippen molar-refractivity contribution in [3.8, 4) is 0 Å². The van der Waals surface area contributed by atoms with Gasteiger partial charge in [-0.05, 0) is 19.3 Å². The molecule has 1 aliphatic rings. The summed E-state index contributed by atoms with van der Waals surface area (Å²) in [4.78, 5) is 21.9. The molecule has 6 heteroatoms. The van der Waals surface area contributed by atoms with Crippen LogP contribution in [0.1, 0.15) is 25.7 Å². The van der Waals surface area contributed by atoms with E-state index < -0.39 is 6.09 Å². The molecule has 2 unspecified atom stereocenters. The fourth-order valence-corrected chi connectivity index (χ4v) is 1.94. The van der Waals surface area contributed by atoms with E-state index in [2.05, 4.69) is 10.1 Å². The van der Waals surface area contributed by atoms with Crippen molar-refractivity contribution in [1.29, 1.82) is 0 Å². The van der Waals surface area contributed by atoms with E-state index in [1.807, 2.05) is 0 Å². The zero-order valence-corrected chi connectivity index (χ0v) is 9.28. The number of primary amides is 1. The Bertz CT molecular complexity index is 258. The van der Waals surface area contributed by atoms with Crippen LogP contribution in [0, 0.1) is 5.92 Å². The summed E-state index contributed by atoms with van der Waals surface area (Å²) in [5, 5.41) is 2.70. The van der Waals surface area contributed by atoms with Gasteiger partial charge in [0.15, 0.2) is 0 Å². The zero-order chi connectivity index (χ0) is 12.0. The highest BCUT2D eigenvalue weighted by molar-refractivity contribution is 5.78. The highest BCUT2D eigenvalue weighted by Crippen LogP contribution is 2.22. The third-order valence-electron chi connectivity index (χ3n) is 2.73. The molecule has 0 radical (unpaired) electrons. The van der Waals surface area contributed by atoms with Crippen LogP contribution in [0.15, 0.2) is 0 Å². The molecule has 0 aromatic heterocycles. The van der Waals surface area contributed by atoms with Crippen molar-refractivity contribution < 1.29 is 14.3 Å².